The van der Waals surface area contributed by atoms with E-state index < -0.39 is 26.8 Å². The van der Waals surface area contributed by atoms with Crippen molar-refractivity contribution < 1.29 is 27.8 Å². The fraction of sp³-hybridized carbons (Fsp3) is 0.519. The number of para-hydroxylation sites is 1. The monoisotopic (exact) mass is 535 g/mol. The van der Waals surface area contributed by atoms with Crippen LogP contribution in [0.3, 0.4) is 0 Å². The molecule has 0 bridgehead atoms. The standard InChI is InChI=1S/C27H37NO6S2/c1-6-8-14-27(7-2)17-28(20-12-10-9-11-13-20)21-15-23(35-5)22(16-24(21)36(31,32)19-27)34-18-26(3,30)25(29)33-4/h9-13,15-16,30H,6-8,14,17-19H2,1-5H3/t26-,27?/m0/s1. The first kappa shape index (κ1) is 28.3. The Morgan fingerprint density at radius 1 is 1.22 bits per heavy atom. The van der Waals surface area contributed by atoms with Gasteiger partial charge in [0.2, 0.25) is 0 Å². The van der Waals surface area contributed by atoms with Crippen LogP contribution in [0.4, 0.5) is 11.4 Å². The molecule has 1 aliphatic heterocycles. The van der Waals surface area contributed by atoms with Crippen molar-refractivity contribution >= 4 is 38.9 Å². The number of hydrogen-bond donors (Lipinski definition) is 1. The molecule has 7 nitrogen and oxygen atoms in total. The number of esters is 1. The van der Waals surface area contributed by atoms with E-state index in [1.807, 2.05) is 42.7 Å². The van der Waals surface area contributed by atoms with Crippen LogP contribution in [-0.2, 0) is 19.4 Å². The second-order valence-corrected chi connectivity index (χ2v) is 12.5. The predicted molar refractivity (Wildman–Crippen MR) is 144 cm³/mol. The summed E-state index contributed by atoms with van der Waals surface area (Å²) in [6.45, 7) is 5.71. The number of anilines is 2. The lowest BCUT2D eigenvalue weighted by molar-refractivity contribution is -0.163. The highest BCUT2D eigenvalue weighted by atomic mass is 32.2. The quantitative estimate of drug-likeness (QED) is 0.327. The number of unbranched alkanes of at least 4 members (excludes halogenated alkanes) is 1. The minimum Gasteiger partial charge on any atom is -0.489 e. The van der Waals surface area contributed by atoms with Crippen LogP contribution in [0.15, 0.2) is 52.3 Å². The van der Waals surface area contributed by atoms with Crippen LogP contribution < -0.4 is 9.64 Å². The van der Waals surface area contributed by atoms with E-state index in [4.69, 9.17) is 4.74 Å². The van der Waals surface area contributed by atoms with E-state index in [0.29, 0.717) is 22.9 Å². The molecule has 2 atom stereocenters. The molecule has 198 valence electrons. The summed E-state index contributed by atoms with van der Waals surface area (Å²) in [6, 6.07) is 13.2. The first-order valence-corrected chi connectivity index (χ1v) is 15.1. The number of carbonyl (C=O) groups excluding carboxylic acids is 1. The fourth-order valence-corrected chi connectivity index (χ4v) is 7.36. The summed E-state index contributed by atoms with van der Waals surface area (Å²) in [7, 11) is -2.49. The number of hydrogen-bond acceptors (Lipinski definition) is 8. The lowest BCUT2D eigenvalue weighted by Crippen LogP contribution is -2.42. The number of benzene rings is 2. The summed E-state index contributed by atoms with van der Waals surface area (Å²) in [6.07, 6.45) is 5.38. The van der Waals surface area contributed by atoms with E-state index in [-0.39, 0.29) is 17.3 Å². The summed E-state index contributed by atoms with van der Waals surface area (Å²) in [5.74, 6) is -0.473. The van der Waals surface area contributed by atoms with Gasteiger partial charge in [-0.15, -0.1) is 11.8 Å². The van der Waals surface area contributed by atoms with E-state index in [1.165, 1.54) is 25.8 Å². The number of methoxy groups -OCH3 is 1. The molecule has 0 saturated heterocycles. The number of nitrogens with zero attached hydrogens (tertiary/aromatic N) is 1. The van der Waals surface area contributed by atoms with Crippen LogP contribution in [0.5, 0.6) is 5.75 Å². The zero-order chi connectivity index (χ0) is 26.6. The average molecular weight is 536 g/mol. The summed E-state index contributed by atoms with van der Waals surface area (Å²) in [4.78, 5) is 14.9. The van der Waals surface area contributed by atoms with Crippen molar-refractivity contribution in [2.24, 2.45) is 5.41 Å². The van der Waals surface area contributed by atoms with Crippen LogP contribution in [0, 0.1) is 5.41 Å². The summed E-state index contributed by atoms with van der Waals surface area (Å²) in [5, 5.41) is 10.4. The van der Waals surface area contributed by atoms with Crippen molar-refractivity contribution in [3.63, 3.8) is 0 Å². The maximum absolute atomic E-state index is 13.9. The molecule has 1 unspecified atom stereocenters. The van der Waals surface area contributed by atoms with Gasteiger partial charge in [-0.25, -0.2) is 13.2 Å². The Labute approximate surface area is 219 Å². The van der Waals surface area contributed by atoms with Gasteiger partial charge < -0.3 is 19.5 Å². The first-order chi connectivity index (χ1) is 17.0. The Bertz CT molecular complexity index is 1170. The third kappa shape index (κ3) is 6.01. The van der Waals surface area contributed by atoms with Gasteiger partial charge in [0.25, 0.3) is 0 Å². The van der Waals surface area contributed by atoms with E-state index in [9.17, 15) is 18.3 Å². The zero-order valence-corrected chi connectivity index (χ0v) is 23.4. The second kappa shape index (κ2) is 11.4. The highest BCUT2D eigenvalue weighted by molar-refractivity contribution is 7.98. The number of thioether (sulfide) groups is 1. The molecule has 9 heteroatoms. The van der Waals surface area contributed by atoms with Gasteiger partial charge in [0, 0.05) is 23.7 Å². The molecular formula is C27H37NO6S2. The summed E-state index contributed by atoms with van der Waals surface area (Å²) in [5.41, 5.74) is -0.730. The molecule has 1 N–H and O–H groups in total. The van der Waals surface area contributed by atoms with Gasteiger partial charge in [-0.2, -0.15) is 0 Å². The normalized spacial score (nSPS) is 20.7. The third-order valence-corrected chi connectivity index (χ3v) is 9.62. The summed E-state index contributed by atoms with van der Waals surface area (Å²) >= 11 is 1.41. The van der Waals surface area contributed by atoms with Crippen LogP contribution in [-0.4, -0.2) is 57.4 Å². The zero-order valence-electron chi connectivity index (χ0n) is 21.7. The number of rotatable bonds is 10. The van der Waals surface area contributed by atoms with Crippen molar-refractivity contribution in [1.29, 1.82) is 0 Å². The lowest BCUT2D eigenvalue weighted by Gasteiger charge is -2.36. The molecular weight excluding hydrogens is 498 g/mol. The Morgan fingerprint density at radius 2 is 1.92 bits per heavy atom. The molecule has 1 heterocycles. The smallest absolute Gasteiger partial charge is 0.341 e. The molecule has 2 aromatic rings. The molecule has 1 aliphatic rings. The average Bonchev–Trinajstić information content (AvgIpc) is 2.97. The number of sulfone groups is 1. The second-order valence-electron chi connectivity index (χ2n) is 9.66. The van der Waals surface area contributed by atoms with Gasteiger partial charge in [-0.1, -0.05) is 44.9 Å². The molecule has 0 saturated carbocycles. The van der Waals surface area contributed by atoms with E-state index in [0.717, 1.165) is 31.4 Å². The Morgan fingerprint density at radius 3 is 2.50 bits per heavy atom. The molecule has 3 rings (SSSR count). The van der Waals surface area contributed by atoms with Crippen LogP contribution >= 0.6 is 11.8 Å². The van der Waals surface area contributed by atoms with Crippen molar-refractivity contribution in [1.82, 2.24) is 0 Å². The fourth-order valence-electron chi connectivity index (χ4n) is 4.64. The third-order valence-electron chi connectivity index (χ3n) is 6.87. The number of carbonyl (C=O) groups is 1. The largest absolute Gasteiger partial charge is 0.489 e. The lowest BCUT2D eigenvalue weighted by atomic mass is 9.81. The maximum Gasteiger partial charge on any atom is 0.341 e. The molecule has 0 aliphatic carbocycles. The predicted octanol–water partition coefficient (Wildman–Crippen LogP) is 5.22. The Kier molecular flexibility index (Phi) is 9.01. The van der Waals surface area contributed by atoms with Gasteiger partial charge in [0.1, 0.15) is 12.4 Å². The van der Waals surface area contributed by atoms with E-state index in [2.05, 4.69) is 23.5 Å². The van der Waals surface area contributed by atoms with E-state index in [1.54, 1.807) is 6.07 Å². The number of ether oxygens (including phenoxy) is 2. The maximum atomic E-state index is 13.9. The van der Waals surface area contributed by atoms with E-state index >= 15 is 0 Å². The highest BCUT2D eigenvalue weighted by Gasteiger charge is 2.42. The van der Waals surface area contributed by atoms with Gasteiger partial charge in [-0.3, -0.25) is 0 Å². The molecule has 2 aromatic carbocycles. The molecule has 36 heavy (non-hydrogen) atoms. The van der Waals surface area contributed by atoms with Crippen molar-refractivity contribution in [3.05, 3.63) is 42.5 Å². The van der Waals surface area contributed by atoms with Gasteiger partial charge in [0.05, 0.1) is 28.3 Å². The van der Waals surface area contributed by atoms with Crippen LogP contribution in [0.1, 0.15) is 46.5 Å². The van der Waals surface area contributed by atoms with Crippen LogP contribution in [0.2, 0.25) is 0 Å². The Hall–Kier alpha value is -2.23. The Balaban J connectivity index is 2.17. The summed E-state index contributed by atoms with van der Waals surface area (Å²) < 4.78 is 38.3. The van der Waals surface area contributed by atoms with Gasteiger partial charge >= 0.3 is 5.97 Å². The molecule has 0 aromatic heterocycles. The van der Waals surface area contributed by atoms with Crippen molar-refractivity contribution in [2.45, 2.75) is 61.8 Å². The SMILES string of the molecule is CCCCC1(CC)CN(c2ccccc2)c2cc(SC)c(OC[C@](C)(O)C(=O)OC)cc2S(=O)(=O)C1. The molecule has 0 spiro atoms. The van der Waals surface area contributed by atoms with Crippen molar-refractivity contribution in [3.8, 4) is 5.75 Å². The number of fused-ring (bicyclic) bond motifs is 1. The highest BCUT2D eigenvalue weighted by Crippen LogP contribution is 2.47. The van der Waals surface area contributed by atoms with Crippen LogP contribution in [0.25, 0.3) is 0 Å². The molecule has 0 fully saturated rings. The molecule has 0 amide bonds. The topological polar surface area (TPSA) is 93.1 Å². The minimum atomic E-state index is -3.68. The first-order valence-electron chi connectivity index (χ1n) is 12.2. The minimum absolute atomic E-state index is 0.0464. The molecule has 0 radical (unpaired) electrons. The van der Waals surface area contributed by atoms with Gasteiger partial charge in [0.15, 0.2) is 15.4 Å². The number of aliphatic hydroxyl groups is 1. The van der Waals surface area contributed by atoms with Crippen molar-refractivity contribution in [2.75, 3.05) is 37.2 Å². The van der Waals surface area contributed by atoms with Gasteiger partial charge in [-0.05, 0) is 44.2 Å².